The van der Waals surface area contributed by atoms with Crippen molar-refractivity contribution >= 4 is 11.3 Å². The van der Waals surface area contributed by atoms with Crippen molar-refractivity contribution < 1.29 is 0 Å². The summed E-state index contributed by atoms with van der Waals surface area (Å²) in [6.07, 6.45) is 4.46. The summed E-state index contributed by atoms with van der Waals surface area (Å²) < 4.78 is 0. The van der Waals surface area contributed by atoms with E-state index in [4.69, 9.17) is 0 Å². The van der Waals surface area contributed by atoms with Crippen LogP contribution in [0.4, 0.5) is 0 Å². The maximum Gasteiger partial charge on any atom is 0.100 e. The summed E-state index contributed by atoms with van der Waals surface area (Å²) >= 11 is 1.66. The van der Waals surface area contributed by atoms with Crippen LogP contribution in [0.15, 0.2) is 48.1 Å². The van der Waals surface area contributed by atoms with Gasteiger partial charge in [-0.3, -0.25) is 0 Å². The molecule has 3 rings (SSSR count). The predicted octanol–water partition coefficient (Wildman–Crippen LogP) is 2.23. The number of rotatable bonds is 5. The normalized spacial score (nSPS) is 12.4. The van der Waals surface area contributed by atoms with Gasteiger partial charge in [-0.1, -0.05) is 18.2 Å². The van der Waals surface area contributed by atoms with E-state index in [1.165, 1.54) is 0 Å². The van der Waals surface area contributed by atoms with Gasteiger partial charge < -0.3 is 5.32 Å². The average Bonchev–Trinajstić information content (AvgIpc) is 3.17. The Kier molecular flexibility index (Phi) is 3.85. The third-order valence-corrected chi connectivity index (χ3v) is 3.87. The predicted molar refractivity (Wildman–Crippen MR) is 79.0 cm³/mol. The molecular weight excluding hydrogens is 270 g/mol. The van der Waals surface area contributed by atoms with E-state index >= 15 is 0 Å². The fourth-order valence-electron chi connectivity index (χ4n) is 2.00. The Hall–Kier alpha value is -2.05. The van der Waals surface area contributed by atoms with Crippen LogP contribution in [0.2, 0.25) is 0 Å². The summed E-state index contributed by atoms with van der Waals surface area (Å²) in [5.74, 6) is 0. The van der Waals surface area contributed by atoms with Gasteiger partial charge in [-0.25, -0.2) is 4.98 Å². The van der Waals surface area contributed by atoms with Crippen LogP contribution in [0.25, 0.3) is 5.69 Å². The number of aromatic nitrogens is 4. The number of para-hydroxylation sites is 1. The van der Waals surface area contributed by atoms with Gasteiger partial charge in [-0.05, 0) is 19.2 Å². The molecule has 1 unspecified atom stereocenters. The summed E-state index contributed by atoms with van der Waals surface area (Å²) in [6, 6.07) is 10.0. The van der Waals surface area contributed by atoms with Gasteiger partial charge in [-0.15, -0.1) is 11.3 Å². The molecule has 1 aromatic carbocycles. The zero-order valence-corrected chi connectivity index (χ0v) is 11.9. The SMILES string of the molecule is CNC(Cc1nccs1)c1cnn(-c2ccccc2)n1. The molecule has 0 saturated heterocycles. The van der Waals surface area contributed by atoms with Crippen LogP contribution >= 0.6 is 11.3 Å². The largest absolute Gasteiger partial charge is 0.311 e. The maximum absolute atomic E-state index is 4.55. The topological polar surface area (TPSA) is 55.6 Å². The lowest BCUT2D eigenvalue weighted by atomic mass is 10.1. The molecule has 6 heteroatoms. The van der Waals surface area contributed by atoms with Gasteiger partial charge in [0.25, 0.3) is 0 Å². The Labute approximate surface area is 121 Å². The van der Waals surface area contributed by atoms with Crippen LogP contribution in [0.1, 0.15) is 16.7 Å². The number of hydrogen-bond donors (Lipinski definition) is 1. The second-order valence-corrected chi connectivity index (χ2v) is 5.34. The fourth-order valence-corrected chi connectivity index (χ4v) is 2.67. The summed E-state index contributed by atoms with van der Waals surface area (Å²) in [4.78, 5) is 5.97. The molecule has 0 aliphatic rings. The minimum Gasteiger partial charge on any atom is -0.311 e. The van der Waals surface area contributed by atoms with E-state index < -0.39 is 0 Å². The molecule has 20 heavy (non-hydrogen) atoms. The second kappa shape index (κ2) is 5.94. The van der Waals surface area contributed by atoms with Gasteiger partial charge in [0, 0.05) is 18.0 Å². The third-order valence-electron chi connectivity index (χ3n) is 3.06. The van der Waals surface area contributed by atoms with Crippen molar-refractivity contribution in [2.24, 2.45) is 0 Å². The van der Waals surface area contributed by atoms with Gasteiger partial charge >= 0.3 is 0 Å². The van der Waals surface area contributed by atoms with Crippen LogP contribution in [-0.2, 0) is 6.42 Å². The third kappa shape index (κ3) is 2.76. The monoisotopic (exact) mass is 285 g/mol. The van der Waals surface area contributed by atoms with E-state index in [1.807, 2.05) is 55.2 Å². The summed E-state index contributed by atoms with van der Waals surface area (Å²) in [5.41, 5.74) is 1.88. The van der Waals surface area contributed by atoms with Gasteiger partial charge in [-0.2, -0.15) is 15.0 Å². The lowest BCUT2D eigenvalue weighted by Crippen LogP contribution is -2.19. The molecule has 2 aromatic heterocycles. The Bertz CT molecular complexity index is 647. The summed E-state index contributed by atoms with van der Waals surface area (Å²) in [6.45, 7) is 0. The Morgan fingerprint density at radius 2 is 2.15 bits per heavy atom. The molecule has 102 valence electrons. The van der Waals surface area contributed by atoms with Crippen molar-refractivity contribution in [3.63, 3.8) is 0 Å². The van der Waals surface area contributed by atoms with Crippen molar-refractivity contribution in [1.29, 1.82) is 0 Å². The molecule has 0 fully saturated rings. The molecule has 2 heterocycles. The lowest BCUT2D eigenvalue weighted by Gasteiger charge is -2.11. The Balaban J connectivity index is 1.81. The highest BCUT2D eigenvalue weighted by Gasteiger charge is 2.15. The number of thiazole rings is 1. The van der Waals surface area contributed by atoms with Crippen molar-refractivity contribution in [3.05, 3.63) is 58.8 Å². The van der Waals surface area contributed by atoms with E-state index in [-0.39, 0.29) is 6.04 Å². The molecule has 0 spiro atoms. The number of hydrogen-bond acceptors (Lipinski definition) is 5. The van der Waals surface area contributed by atoms with E-state index in [0.717, 1.165) is 22.8 Å². The molecule has 0 aliphatic carbocycles. The molecule has 0 saturated carbocycles. The average molecular weight is 285 g/mol. The first kappa shape index (κ1) is 13.0. The van der Waals surface area contributed by atoms with E-state index in [2.05, 4.69) is 20.5 Å². The smallest absolute Gasteiger partial charge is 0.100 e. The Morgan fingerprint density at radius 1 is 1.30 bits per heavy atom. The van der Waals surface area contributed by atoms with Gasteiger partial charge in [0.05, 0.1) is 22.9 Å². The van der Waals surface area contributed by atoms with Crippen molar-refractivity contribution in [2.45, 2.75) is 12.5 Å². The number of likely N-dealkylation sites (N-methyl/N-ethyl adjacent to an activating group) is 1. The maximum atomic E-state index is 4.55. The molecular formula is C14H15N5S. The van der Waals surface area contributed by atoms with E-state index in [1.54, 1.807) is 16.1 Å². The van der Waals surface area contributed by atoms with Crippen LogP contribution in [0, 0.1) is 0 Å². The summed E-state index contributed by atoms with van der Waals surface area (Å²) in [7, 11) is 1.93. The molecule has 1 atom stereocenters. The van der Waals surface area contributed by atoms with Crippen LogP contribution in [-0.4, -0.2) is 27.0 Å². The number of nitrogens with one attached hydrogen (secondary N) is 1. The van der Waals surface area contributed by atoms with Gasteiger partial charge in [0.15, 0.2) is 0 Å². The van der Waals surface area contributed by atoms with Crippen molar-refractivity contribution in [3.8, 4) is 5.69 Å². The first-order valence-electron chi connectivity index (χ1n) is 6.40. The van der Waals surface area contributed by atoms with Crippen molar-refractivity contribution in [1.82, 2.24) is 25.3 Å². The highest BCUT2D eigenvalue weighted by molar-refractivity contribution is 7.09. The van der Waals surface area contributed by atoms with Crippen LogP contribution in [0.5, 0.6) is 0 Å². The van der Waals surface area contributed by atoms with Gasteiger partial charge in [0.2, 0.25) is 0 Å². The van der Waals surface area contributed by atoms with E-state index in [9.17, 15) is 0 Å². The summed E-state index contributed by atoms with van der Waals surface area (Å²) in [5, 5.41) is 15.2. The fraction of sp³-hybridized carbons (Fsp3) is 0.214. The first-order chi connectivity index (χ1) is 9.86. The molecule has 5 nitrogen and oxygen atoms in total. The molecule has 3 aromatic rings. The molecule has 0 amide bonds. The molecule has 1 N–H and O–H groups in total. The quantitative estimate of drug-likeness (QED) is 0.781. The lowest BCUT2D eigenvalue weighted by molar-refractivity contribution is 0.566. The zero-order valence-electron chi connectivity index (χ0n) is 11.1. The molecule has 0 bridgehead atoms. The standard InChI is InChI=1S/C14H15N5S/c1-15-12(9-14-16-7-8-20-14)13-10-17-19(18-13)11-5-3-2-4-6-11/h2-8,10,12,15H,9H2,1H3. The minimum absolute atomic E-state index is 0.124. The second-order valence-electron chi connectivity index (χ2n) is 4.37. The highest BCUT2D eigenvalue weighted by atomic mass is 32.1. The first-order valence-corrected chi connectivity index (χ1v) is 7.28. The van der Waals surface area contributed by atoms with Crippen LogP contribution in [0.3, 0.4) is 0 Å². The highest BCUT2D eigenvalue weighted by Crippen LogP contribution is 2.17. The van der Waals surface area contributed by atoms with Gasteiger partial charge in [0.1, 0.15) is 5.69 Å². The van der Waals surface area contributed by atoms with E-state index in [0.29, 0.717) is 0 Å². The zero-order chi connectivity index (χ0) is 13.8. The minimum atomic E-state index is 0.124. The van der Waals surface area contributed by atoms with Crippen molar-refractivity contribution in [2.75, 3.05) is 7.05 Å². The number of benzene rings is 1. The Morgan fingerprint density at radius 3 is 2.85 bits per heavy atom. The van der Waals surface area contributed by atoms with Crippen LogP contribution < -0.4 is 5.32 Å². The molecule has 0 radical (unpaired) electrons. The molecule has 0 aliphatic heterocycles. The number of nitrogens with zero attached hydrogens (tertiary/aromatic N) is 4.